The Morgan fingerprint density at radius 3 is 2.23 bits per heavy atom. The van der Waals surface area contributed by atoms with Crippen molar-refractivity contribution in [2.45, 2.75) is 47.3 Å². The van der Waals surface area contributed by atoms with Crippen LogP contribution in [0.5, 0.6) is 0 Å². The molecule has 0 saturated carbocycles. The summed E-state index contributed by atoms with van der Waals surface area (Å²) in [6, 6.07) is 28.8. The normalized spacial score (nSPS) is 12.4. The molecule has 3 aromatic carbocycles. The van der Waals surface area contributed by atoms with E-state index in [1.165, 1.54) is 17.4 Å². The van der Waals surface area contributed by atoms with Gasteiger partial charge in [0.2, 0.25) is 5.71 Å². The standard InChI is InChI=1S/C25H18FN2O.C15H18NSi.Ir/c1-14-10-15(2)23(16(3)11-14)20-12-22(28-13-21(20)26)19-7-4-6-17-18-8-5-9-27-25(18)29-24(17)19;1-12-5-7-13(8-6-12)15-10-9-14(11-16-15)17(2,3)4;/h4-6,8-13H,1-3H3;5-7,9-11H,1-4H3;/q2*-1;/i;1D3;. The van der Waals surface area contributed by atoms with Crippen LogP contribution in [-0.4, -0.2) is 23.0 Å². The van der Waals surface area contributed by atoms with Crippen molar-refractivity contribution < 1.29 is 33.0 Å². The van der Waals surface area contributed by atoms with Gasteiger partial charge in [-0.2, -0.15) is 0 Å². The van der Waals surface area contributed by atoms with Crippen LogP contribution >= 0.6 is 0 Å². The number of furan rings is 1. The molecule has 47 heavy (non-hydrogen) atoms. The van der Waals surface area contributed by atoms with Crippen LogP contribution in [0.4, 0.5) is 4.39 Å². The molecule has 4 nitrogen and oxygen atoms in total. The van der Waals surface area contributed by atoms with Crippen LogP contribution in [0.2, 0.25) is 19.6 Å². The van der Waals surface area contributed by atoms with Crippen molar-refractivity contribution in [2.24, 2.45) is 0 Å². The van der Waals surface area contributed by atoms with Gasteiger partial charge in [-0.3, -0.25) is 0 Å². The van der Waals surface area contributed by atoms with Crippen LogP contribution in [-0.2, 0) is 20.1 Å². The van der Waals surface area contributed by atoms with Gasteiger partial charge >= 0.3 is 0 Å². The van der Waals surface area contributed by atoms with Crippen LogP contribution in [0.1, 0.15) is 26.4 Å². The number of hydrogen-bond donors (Lipinski definition) is 0. The van der Waals surface area contributed by atoms with E-state index < -0.39 is 14.9 Å². The summed E-state index contributed by atoms with van der Waals surface area (Å²) in [5.41, 5.74) is 9.15. The Balaban J connectivity index is 0.000000204. The molecule has 0 N–H and O–H groups in total. The number of rotatable bonds is 4. The number of halogens is 1. The van der Waals surface area contributed by atoms with E-state index >= 15 is 0 Å². The number of fused-ring (bicyclic) bond motifs is 3. The Hall–Kier alpha value is -4.29. The van der Waals surface area contributed by atoms with E-state index in [2.05, 4.69) is 64.9 Å². The molecule has 0 bridgehead atoms. The minimum atomic E-state index is -2.08. The third-order valence-corrected chi connectivity index (χ3v) is 10.0. The van der Waals surface area contributed by atoms with Crippen LogP contribution in [0.3, 0.4) is 0 Å². The van der Waals surface area contributed by atoms with Crippen molar-refractivity contribution in [2.75, 3.05) is 0 Å². The third kappa shape index (κ3) is 7.18. The number of hydrogen-bond acceptors (Lipinski definition) is 4. The van der Waals surface area contributed by atoms with E-state index in [0.717, 1.165) is 44.3 Å². The first kappa shape index (κ1) is 30.1. The molecule has 7 rings (SSSR count). The average molecular weight is 817 g/mol. The van der Waals surface area contributed by atoms with E-state index in [4.69, 9.17) is 8.53 Å². The van der Waals surface area contributed by atoms with Crippen molar-refractivity contribution in [3.63, 3.8) is 0 Å². The topological polar surface area (TPSA) is 51.8 Å². The zero-order valence-corrected chi connectivity index (χ0v) is 30.5. The van der Waals surface area contributed by atoms with Gasteiger partial charge < -0.3 is 14.4 Å². The van der Waals surface area contributed by atoms with E-state index in [-0.39, 0.29) is 25.9 Å². The summed E-state index contributed by atoms with van der Waals surface area (Å²) in [7, 11) is -1.34. The van der Waals surface area contributed by atoms with Crippen LogP contribution in [0, 0.1) is 45.6 Å². The number of pyridine rings is 3. The summed E-state index contributed by atoms with van der Waals surface area (Å²) in [6.07, 6.45) is 4.90. The first-order valence-electron chi connectivity index (χ1n) is 16.6. The molecule has 0 saturated heterocycles. The van der Waals surface area contributed by atoms with Crippen LogP contribution in [0.15, 0.2) is 95.8 Å². The second-order valence-electron chi connectivity index (χ2n) is 12.5. The largest absolute Gasteiger partial charge is 0.486 e. The summed E-state index contributed by atoms with van der Waals surface area (Å²) in [4.78, 5) is 13.1. The summed E-state index contributed by atoms with van der Waals surface area (Å²) in [6.45, 7) is 10.8. The maximum atomic E-state index is 14.8. The minimum Gasteiger partial charge on any atom is -0.486 e. The van der Waals surface area contributed by atoms with Crippen LogP contribution in [0.25, 0.3) is 55.7 Å². The molecule has 0 unspecified atom stereocenters. The zero-order chi connectivity index (χ0) is 35.1. The van der Waals surface area contributed by atoms with Crippen LogP contribution < -0.4 is 5.19 Å². The number of aromatic nitrogens is 3. The van der Waals surface area contributed by atoms with Gasteiger partial charge in [0.05, 0.1) is 19.9 Å². The predicted octanol–water partition coefficient (Wildman–Crippen LogP) is 9.97. The molecule has 1 radical (unpaired) electrons. The van der Waals surface area contributed by atoms with Crippen molar-refractivity contribution >= 4 is 35.3 Å². The smallest absolute Gasteiger partial charge is 0.216 e. The second-order valence-corrected chi connectivity index (χ2v) is 17.6. The summed E-state index contributed by atoms with van der Waals surface area (Å²) in [5, 5.41) is 3.18. The molecule has 0 aliphatic heterocycles. The van der Waals surface area contributed by atoms with Gasteiger partial charge in [0, 0.05) is 47.6 Å². The molecule has 0 atom stereocenters. The van der Waals surface area contributed by atoms with Gasteiger partial charge in [0.1, 0.15) is 5.82 Å². The van der Waals surface area contributed by atoms with Gasteiger partial charge in [-0.25, -0.2) is 9.37 Å². The Bertz CT molecular complexity index is 2220. The number of nitrogens with zero attached hydrogens (tertiary/aromatic N) is 3. The molecule has 0 spiro atoms. The molecule has 0 aliphatic rings. The maximum absolute atomic E-state index is 14.8. The fourth-order valence-corrected chi connectivity index (χ4v) is 6.75. The van der Waals surface area contributed by atoms with E-state index in [9.17, 15) is 4.39 Å². The van der Waals surface area contributed by atoms with Crippen molar-refractivity contribution in [1.82, 2.24) is 15.0 Å². The molecule has 4 heterocycles. The van der Waals surface area contributed by atoms with Gasteiger partial charge in [0.15, 0.2) is 0 Å². The molecule has 7 aromatic rings. The van der Waals surface area contributed by atoms with Gasteiger partial charge in [-0.1, -0.05) is 73.3 Å². The molecule has 4 aromatic heterocycles. The Kier molecular flexibility index (Phi) is 8.84. The van der Waals surface area contributed by atoms with Gasteiger partial charge in [-0.15, -0.1) is 53.6 Å². The SMILES string of the molecule is Cc1cc(C)c(-c2cc(-c3[c-]ccc4c3oc3ncccc34)ncc2F)c(C)c1.[2H]C([2H])([2H])c1c[c-]c(-c2ccc([Si](C)(C)C)cn2)cc1.[Ir]. The quantitative estimate of drug-likeness (QED) is 0.131. The molecular formula is C40H36FIrN3OSi-2. The van der Waals surface area contributed by atoms with E-state index in [0.29, 0.717) is 33.7 Å². The predicted molar refractivity (Wildman–Crippen MR) is 189 cm³/mol. The Labute approximate surface area is 294 Å². The first-order chi connectivity index (χ1) is 23.2. The fraction of sp³-hybridized carbons (Fsp3) is 0.175. The molecule has 7 heteroatoms. The monoisotopic (exact) mass is 817 g/mol. The summed E-state index contributed by atoms with van der Waals surface area (Å²) >= 11 is 0. The summed E-state index contributed by atoms with van der Waals surface area (Å²) < 4.78 is 42.8. The maximum Gasteiger partial charge on any atom is 0.216 e. The minimum absolute atomic E-state index is 0. The van der Waals surface area contributed by atoms with Gasteiger partial charge in [0.25, 0.3) is 0 Å². The second kappa shape index (κ2) is 13.8. The first-order valence-corrected chi connectivity index (χ1v) is 18.6. The number of benzene rings is 3. The molecule has 0 aliphatic carbocycles. The molecular weight excluding hydrogens is 778 g/mol. The summed E-state index contributed by atoms with van der Waals surface area (Å²) in [5.74, 6) is -0.345. The molecule has 239 valence electrons. The Morgan fingerprint density at radius 1 is 0.809 bits per heavy atom. The molecule has 0 fully saturated rings. The fourth-order valence-electron chi connectivity index (χ4n) is 5.72. The van der Waals surface area contributed by atoms with E-state index in [1.807, 2.05) is 57.3 Å². The number of aryl methyl sites for hydroxylation is 4. The molecule has 0 amide bonds. The average Bonchev–Trinajstić information content (AvgIpc) is 3.44. The van der Waals surface area contributed by atoms with Crippen molar-refractivity contribution in [1.29, 1.82) is 0 Å². The van der Waals surface area contributed by atoms with Gasteiger partial charge in [-0.05, 0) is 66.2 Å². The van der Waals surface area contributed by atoms with E-state index in [1.54, 1.807) is 24.4 Å². The third-order valence-electron chi connectivity index (χ3n) is 7.99. The Morgan fingerprint density at radius 2 is 1.57 bits per heavy atom. The zero-order valence-electron chi connectivity index (χ0n) is 30.1. The van der Waals surface area contributed by atoms with Crippen molar-refractivity contribution in [3.8, 4) is 33.6 Å². The van der Waals surface area contributed by atoms with Crippen molar-refractivity contribution in [3.05, 3.63) is 132 Å².